The Kier molecular flexibility index (Phi) is 4.02. The molecule has 0 bridgehead atoms. The van der Waals surface area contributed by atoms with Gasteiger partial charge in [0.05, 0.1) is 18.8 Å². The minimum absolute atomic E-state index is 0.181. The lowest BCUT2D eigenvalue weighted by atomic mass is 10.1. The molecule has 0 N–H and O–H groups in total. The summed E-state index contributed by atoms with van der Waals surface area (Å²) in [7, 11) is 1.52. The summed E-state index contributed by atoms with van der Waals surface area (Å²) in [4.78, 5) is 12.7. The number of furan rings is 1. The summed E-state index contributed by atoms with van der Waals surface area (Å²) in [5.41, 5.74) is 1.64. The van der Waals surface area contributed by atoms with Crippen LogP contribution < -0.4 is 14.9 Å². The van der Waals surface area contributed by atoms with E-state index in [-0.39, 0.29) is 5.43 Å². The van der Waals surface area contributed by atoms with E-state index in [0.717, 1.165) is 10.9 Å². The molecule has 2 heterocycles. The number of methoxy groups -OCH3 is 1. The van der Waals surface area contributed by atoms with Gasteiger partial charge in [0.1, 0.15) is 23.5 Å². The fourth-order valence-electron chi connectivity index (χ4n) is 3.71. The first-order chi connectivity index (χ1) is 14.2. The van der Waals surface area contributed by atoms with Gasteiger partial charge >= 0.3 is 0 Å². The first kappa shape index (κ1) is 17.4. The van der Waals surface area contributed by atoms with Gasteiger partial charge < -0.3 is 18.3 Å². The predicted molar refractivity (Wildman–Crippen MR) is 112 cm³/mol. The fraction of sp³-hybridized carbons (Fsp3) is 0.125. The molecule has 5 heteroatoms. The fourth-order valence-corrected chi connectivity index (χ4v) is 3.71. The molecule has 0 aliphatic rings. The zero-order valence-electron chi connectivity index (χ0n) is 16.0. The predicted octanol–water partition coefficient (Wildman–Crippen LogP) is 5.59. The average molecular weight is 386 g/mol. The SMILES string of the molecule is COc1c2ccoc2c(OCc2ccc3ccccc3c2)c2oc(C)cc(=O)c12. The van der Waals surface area contributed by atoms with Crippen molar-refractivity contribution in [2.75, 3.05) is 7.11 Å². The van der Waals surface area contributed by atoms with E-state index in [9.17, 15) is 4.79 Å². The molecule has 0 unspecified atom stereocenters. The third-order valence-corrected chi connectivity index (χ3v) is 5.02. The van der Waals surface area contributed by atoms with Crippen LogP contribution in [0.5, 0.6) is 11.5 Å². The number of rotatable bonds is 4. The normalized spacial score (nSPS) is 11.4. The zero-order valence-corrected chi connectivity index (χ0v) is 16.0. The molecule has 144 valence electrons. The summed E-state index contributed by atoms with van der Waals surface area (Å²) in [5.74, 6) is 1.32. The van der Waals surface area contributed by atoms with Crippen molar-refractivity contribution in [1.82, 2.24) is 0 Å². The molecule has 3 aromatic carbocycles. The van der Waals surface area contributed by atoms with Gasteiger partial charge in [-0.15, -0.1) is 0 Å². The average Bonchev–Trinajstić information content (AvgIpc) is 3.20. The van der Waals surface area contributed by atoms with E-state index in [1.54, 1.807) is 19.3 Å². The molecular weight excluding hydrogens is 368 g/mol. The maximum atomic E-state index is 12.7. The second-order valence-corrected chi connectivity index (χ2v) is 6.92. The Morgan fingerprint density at radius 2 is 1.76 bits per heavy atom. The van der Waals surface area contributed by atoms with E-state index in [1.807, 2.05) is 18.2 Å². The molecule has 0 amide bonds. The van der Waals surface area contributed by atoms with E-state index < -0.39 is 0 Å². The number of hydrogen-bond donors (Lipinski definition) is 0. The number of benzene rings is 3. The highest BCUT2D eigenvalue weighted by Crippen LogP contribution is 2.42. The van der Waals surface area contributed by atoms with Crippen LogP contribution in [0, 0.1) is 6.92 Å². The van der Waals surface area contributed by atoms with Crippen LogP contribution in [0.25, 0.3) is 32.7 Å². The van der Waals surface area contributed by atoms with Crippen LogP contribution in [-0.2, 0) is 6.61 Å². The molecule has 29 heavy (non-hydrogen) atoms. The van der Waals surface area contributed by atoms with Crippen molar-refractivity contribution in [1.29, 1.82) is 0 Å². The van der Waals surface area contributed by atoms with Gasteiger partial charge in [0.15, 0.2) is 16.6 Å². The van der Waals surface area contributed by atoms with Crippen LogP contribution in [0.1, 0.15) is 11.3 Å². The Morgan fingerprint density at radius 3 is 2.59 bits per heavy atom. The molecule has 0 spiro atoms. The summed E-state index contributed by atoms with van der Waals surface area (Å²) < 4.78 is 23.2. The van der Waals surface area contributed by atoms with Gasteiger partial charge in [-0.2, -0.15) is 0 Å². The molecule has 0 saturated carbocycles. The van der Waals surface area contributed by atoms with Gasteiger partial charge in [0.25, 0.3) is 0 Å². The summed E-state index contributed by atoms with van der Waals surface area (Å²) in [6, 6.07) is 17.5. The van der Waals surface area contributed by atoms with Crippen LogP contribution in [0.15, 0.2) is 74.5 Å². The first-order valence-electron chi connectivity index (χ1n) is 9.28. The Labute approximate surface area is 166 Å². The second-order valence-electron chi connectivity index (χ2n) is 6.92. The molecule has 0 atom stereocenters. The first-order valence-corrected chi connectivity index (χ1v) is 9.28. The van der Waals surface area contributed by atoms with Crippen molar-refractivity contribution < 1.29 is 18.3 Å². The molecule has 5 rings (SSSR count). The van der Waals surface area contributed by atoms with Gasteiger partial charge in [0.2, 0.25) is 5.75 Å². The van der Waals surface area contributed by atoms with E-state index in [2.05, 4.69) is 24.3 Å². The Morgan fingerprint density at radius 1 is 0.931 bits per heavy atom. The van der Waals surface area contributed by atoms with Crippen molar-refractivity contribution in [3.05, 3.63) is 82.4 Å². The van der Waals surface area contributed by atoms with Gasteiger partial charge in [-0.05, 0) is 35.4 Å². The molecule has 5 aromatic rings. The highest BCUT2D eigenvalue weighted by molar-refractivity contribution is 6.06. The van der Waals surface area contributed by atoms with E-state index in [1.165, 1.54) is 18.6 Å². The minimum atomic E-state index is -0.181. The maximum Gasteiger partial charge on any atom is 0.206 e. The summed E-state index contributed by atoms with van der Waals surface area (Å²) >= 11 is 0. The number of ether oxygens (including phenoxy) is 2. The Balaban J connectivity index is 1.66. The molecule has 5 nitrogen and oxygen atoms in total. The molecule has 0 radical (unpaired) electrons. The molecule has 0 saturated heterocycles. The Hall–Kier alpha value is -3.73. The van der Waals surface area contributed by atoms with Crippen LogP contribution in [0.3, 0.4) is 0 Å². The third-order valence-electron chi connectivity index (χ3n) is 5.02. The quantitative estimate of drug-likeness (QED) is 0.403. The van der Waals surface area contributed by atoms with Crippen molar-refractivity contribution in [3.8, 4) is 11.5 Å². The van der Waals surface area contributed by atoms with E-state index >= 15 is 0 Å². The lowest BCUT2D eigenvalue weighted by molar-refractivity contribution is 0.303. The van der Waals surface area contributed by atoms with E-state index in [4.69, 9.17) is 18.3 Å². The maximum absolute atomic E-state index is 12.7. The minimum Gasteiger partial charge on any atom is -0.495 e. The van der Waals surface area contributed by atoms with Gasteiger partial charge in [-0.3, -0.25) is 4.79 Å². The molecule has 2 aromatic heterocycles. The van der Waals surface area contributed by atoms with E-state index in [0.29, 0.717) is 45.8 Å². The molecule has 0 aliphatic heterocycles. The third kappa shape index (κ3) is 2.83. The highest BCUT2D eigenvalue weighted by Gasteiger charge is 2.23. The largest absolute Gasteiger partial charge is 0.495 e. The number of aryl methyl sites for hydroxylation is 1. The monoisotopic (exact) mass is 386 g/mol. The van der Waals surface area contributed by atoms with Crippen molar-refractivity contribution in [3.63, 3.8) is 0 Å². The molecule has 0 fully saturated rings. The van der Waals surface area contributed by atoms with Crippen molar-refractivity contribution in [2.24, 2.45) is 0 Å². The summed E-state index contributed by atoms with van der Waals surface area (Å²) in [5, 5.41) is 3.32. The lowest BCUT2D eigenvalue weighted by Gasteiger charge is -2.13. The number of hydrogen-bond acceptors (Lipinski definition) is 5. The molecule has 0 aliphatic carbocycles. The van der Waals surface area contributed by atoms with Gasteiger partial charge in [-0.25, -0.2) is 0 Å². The van der Waals surface area contributed by atoms with Crippen molar-refractivity contribution >= 4 is 32.7 Å². The summed E-state index contributed by atoms with van der Waals surface area (Å²) in [6.07, 6.45) is 1.55. The zero-order chi connectivity index (χ0) is 20.0. The lowest BCUT2D eigenvalue weighted by Crippen LogP contribution is -2.05. The van der Waals surface area contributed by atoms with Gasteiger partial charge in [-0.1, -0.05) is 36.4 Å². The Bertz CT molecular complexity index is 1420. The van der Waals surface area contributed by atoms with Gasteiger partial charge in [0, 0.05) is 6.07 Å². The van der Waals surface area contributed by atoms with Crippen molar-refractivity contribution in [2.45, 2.75) is 13.5 Å². The second kappa shape index (κ2) is 6.71. The van der Waals surface area contributed by atoms with Crippen LogP contribution >= 0.6 is 0 Å². The number of fused-ring (bicyclic) bond motifs is 3. The smallest absolute Gasteiger partial charge is 0.206 e. The summed E-state index contributed by atoms with van der Waals surface area (Å²) in [6.45, 7) is 2.03. The standard InChI is InChI=1S/C24H18O5/c1-14-11-19(25)20-21(26-2)18-9-10-27-22(18)24(23(20)29-14)28-13-15-7-8-16-5-3-4-6-17(16)12-15/h3-12H,13H2,1-2H3. The van der Waals surface area contributed by atoms with Crippen LogP contribution in [0.2, 0.25) is 0 Å². The van der Waals surface area contributed by atoms with Crippen LogP contribution in [-0.4, -0.2) is 7.11 Å². The highest BCUT2D eigenvalue weighted by atomic mass is 16.5. The topological polar surface area (TPSA) is 61.8 Å². The van der Waals surface area contributed by atoms with Crippen LogP contribution in [0.4, 0.5) is 0 Å². The molecular formula is C24H18O5.